The van der Waals surface area contributed by atoms with Gasteiger partial charge in [-0.3, -0.25) is 4.90 Å². The van der Waals surface area contributed by atoms with Crippen molar-refractivity contribution in [3.63, 3.8) is 0 Å². The molecule has 1 atom stereocenters. The van der Waals surface area contributed by atoms with Crippen LogP contribution >= 0.6 is 11.3 Å². The first-order chi connectivity index (χ1) is 13.2. The first-order valence-corrected chi connectivity index (χ1v) is 9.91. The Labute approximate surface area is 161 Å². The van der Waals surface area contributed by atoms with E-state index >= 15 is 0 Å². The molecule has 0 saturated carbocycles. The Morgan fingerprint density at radius 3 is 2.63 bits per heavy atom. The van der Waals surface area contributed by atoms with E-state index in [1.54, 1.807) is 35.8 Å². The summed E-state index contributed by atoms with van der Waals surface area (Å²) in [7, 11) is 0. The van der Waals surface area contributed by atoms with Crippen LogP contribution in [0.4, 0.5) is 9.93 Å². The molecule has 8 heteroatoms. The summed E-state index contributed by atoms with van der Waals surface area (Å²) in [5.41, 5.74) is 0.433. The minimum absolute atomic E-state index is 0.118. The number of thiazole rings is 1. The fourth-order valence-electron chi connectivity index (χ4n) is 3.55. The number of nitrogens with zero attached hydrogens (tertiary/aromatic N) is 3. The Kier molecular flexibility index (Phi) is 5.35. The largest absolute Gasteiger partial charge is 0.444 e. The Bertz CT molecular complexity index is 776. The number of piperidine rings is 3. The van der Waals surface area contributed by atoms with Gasteiger partial charge >= 0.3 is 12.1 Å². The lowest BCUT2D eigenvalue weighted by molar-refractivity contribution is -0.0322. The highest BCUT2D eigenvalue weighted by atomic mass is 32.1. The molecule has 7 nitrogen and oxygen atoms in total. The van der Waals surface area contributed by atoms with Crippen molar-refractivity contribution in [2.75, 3.05) is 31.3 Å². The average Bonchev–Trinajstić information content (AvgIpc) is 3.24. The second-order valence-electron chi connectivity index (χ2n) is 6.73. The fraction of sp³-hybridized carbons (Fsp3) is 0.421. The molecule has 0 N–H and O–H groups in total. The van der Waals surface area contributed by atoms with Crippen LogP contribution in [0.2, 0.25) is 0 Å². The second kappa shape index (κ2) is 8.06. The van der Waals surface area contributed by atoms with Crippen LogP contribution in [0.1, 0.15) is 23.2 Å². The number of ether oxygens (including phenoxy) is 2. The van der Waals surface area contributed by atoms with Crippen molar-refractivity contribution < 1.29 is 19.1 Å². The molecular formula is C19H21N3O4S. The molecular weight excluding hydrogens is 366 g/mol. The van der Waals surface area contributed by atoms with Crippen molar-refractivity contribution in [2.24, 2.45) is 5.92 Å². The van der Waals surface area contributed by atoms with E-state index in [9.17, 15) is 9.59 Å². The normalized spacial score (nSPS) is 23.6. The number of carbonyl (C=O) groups excluding carboxylic acids is 2. The molecule has 3 saturated heterocycles. The first kappa shape index (κ1) is 17.9. The third-order valence-corrected chi connectivity index (χ3v) is 5.85. The molecule has 3 fully saturated rings. The Morgan fingerprint density at radius 1 is 1.22 bits per heavy atom. The summed E-state index contributed by atoms with van der Waals surface area (Å²) in [6.45, 7) is 2.68. The van der Waals surface area contributed by atoms with Gasteiger partial charge < -0.3 is 9.47 Å². The van der Waals surface area contributed by atoms with Crippen LogP contribution in [-0.4, -0.2) is 54.4 Å². The SMILES string of the molecule is O=C(OCN(C(=O)O[C@H]1CN2CCC1CC2)c1nccs1)c1ccccc1. The summed E-state index contributed by atoms with van der Waals surface area (Å²) < 4.78 is 11.1. The number of fused-ring (bicyclic) bond motifs is 3. The van der Waals surface area contributed by atoms with Crippen LogP contribution in [0, 0.1) is 5.92 Å². The molecule has 0 spiro atoms. The van der Waals surface area contributed by atoms with Crippen molar-refractivity contribution in [3.05, 3.63) is 47.5 Å². The van der Waals surface area contributed by atoms with Gasteiger partial charge in [-0.25, -0.2) is 19.5 Å². The van der Waals surface area contributed by atoms with Gasteiger partial charge in [0.25, 0.3) is 0 Å². The van der Waals surface area contributed by atoms with Crippen molar-refractivity contribution in [3.8, 4) is 0 Å². The zero-order valence-electron chi connectivity index (χ0n) is 14.8. The smallest absolute Gasteiger partial charge is 0.419 e. The first-order valence-electron chi connectivity index (χ1n) is 9.03. The lowest BCUT2D eigenvalue weighted by atomic mass is 9.86. The molecule has 3 aliphatic heterocycles. The van der Waals surface area contributed by atoms with E-state index in [2.05, 4.69) is 9.88 Å². The predicted molar refractivity (Wildman–Crippen MR) is 101 cm³/mol. The van der Waals surface area contributed by atoms with E-state index in [1.165, 1.54) is 16.2 Å². The number of anilines is 1. The van der Waals surface area contributed by atoms with Gasteiger partial charge in [-0.1, -0.05) is 18.2 Å². The highest BCUT2D eigenvalue weighted by molar-refractivity contribution is 7.13. The van der Waals surface area contributed by atoms with Gasteiger partial charge in [-0.2, -0.15) is 0 Å². The number of carbonyl (C=O) groups is 2. The Morgan fingerprint density at radius 2 is 2.00 bits per heavy atom. The van der Waals surface area contributed by atoms with E-state index in [-0.39, 0.29) is 12.8 Å². The molecule has 3 aliphatic rings. The van der Waals surface area contributed by atoms with Crippen LogP contribution in [-0.2, 0) is 9.47 Å². The minimum Gasteiger partial charge on any atom is -0.444 e. The minimum atomic E-state index is -0.524. The summed E-state index contributed by atoms with van der Waals surface area (Å²) in [6.07, 6.45) is 3.07. The van der Waals surface area contributed by atoms with E-state index < -0.39 is 12.1 Å². The summed E-state index contributed by atoms with van der Waals surface area (Å²) in [5.74, 6) is -0.0863. The number of aromatic nitrogens is 1. The molecule has 0 unspecified atom stereocenters. The molecule has 142 valence electrons. The Hall–Kier alpha value is -2.45. The van der Waals surface area contributed by atoms with E-state index in [0.29, 0.717) is 16.6 Å². The number of amides is 1. The summed E-state index contributed by atoms with van der Waals surface area (Å²) >= 11 is 1.30. The van der Waals surface area contributed by atoms with E-state index in [4.69, 9.17) is 9.47 Å². The highest BCUT2D eigenvalue weighted by Gasteiger charge is 2.37. The number of rotatable bonds is 5. The summed E-state index contributed by atoms with van der Waals surface area (Å²) in [6, 6.07) is 8.68. The topological polar surface area (TPSA) is 72.0 Å². The van der Waals surface area contributed by atoms with Crippen LogP contribution in [0.3, 0.4) is 0 Å². The van der Waals surface area contributed by atoms with Gasteiger partial charge in [-0.05, 0) is 44.0 Å². The van der Waals surface area contributed by atoms with Crippen molar-refractivity contribution in [1.82, 2.24) is 9.88 Å². The van der Waals surface area contributed by atoms with Crippen LogP contribution < -0.4 is 4.90 Å². The third-order valence-electron chi connectivity index (χ3n) is 5.05. The highest BCUT2D eigenvalue weighted by Crippen LogP contribution is 2.30. The zero-order valence-corrected chi connectivity index (χ0v) is 15.6. The van der Waals surface area contributed by atoms with Crippen molar-refractivity contribution in [2.45, 2.75) is 18.9 Å². The monoisotopic (exact) mass is 387 g/mol. The summed E-state index contributed by atoms with van der Waals surface area (Å²) in [4.78, 5) is 32.8. The number of benzene rings is 1. The second-order valence-corrected chi connectivity index (χ2v) is 7.60. The average molecular weight is 387 g/mol. The van der Waals surface area contributed by atoms with E-state index in [1.807, 2.05) is 6.07 Å². The van der Waals surface area contributed by atoms with Crippen LogP contribution in [0.25, 0.3) is 0 Å². The molecule has 27 heavy (non-hydrogen) atoms. The zero-order chi connectivity index (χ0) is 18.6. The quantitative estimate of drug-likeness (QED) is 0.580. The fourth-order valence-corrected chi connectivity index (χ4v) is 4.17. The number of hydrogen-bond acceptors (Lipinski definition) is 7. The van der Waals surface area contributed by atoms with Gasteiger partial charge in [0, 0.05) is 18.1 Å². The maximum Gasteiger partial charge on any atom is 0.419 e. The summed E-state index contributed by atoms with van der Waals surface area (Å²) in [5, 5.41) is 2.21. The molecule has 1 amide bonds. The lowest BCUT2D eigenvalue weighted by Crippen LogP contribution is -2.53. The van der Waals surface area contributed by atoms with Gasteiger partial charge in [0.1, 0.15) is 6.10 Å². The maximum atomic E-state index is 12.8. The molecule has 5 rings (SSSR count). The van der Waals surface area contributed by atoms with Gasteiger partial charge in [0.05, 0.1) is 5.56 Å². The van der Waals surface area contributed by atoms with Crippen molar-refractivity contribution in [1.29, 1.82) is 0 Å². The molecule has 1 aromatic carbocycles. The van der Waals surface area contributed by atoms with Crippen LogP contribution in [0.15, 0.2) is 41.9 Å². The molecule has 0 radical (unpaired) electrons. The molecule has 2 aromatic rings. The van der Waals surface area contributed by atoms with E-state index in [0.717, 1.165) is 32.5 Å². The third kappa shape index (κ3) is 4.12. The van der Waals surface area contributed by atoms with Gasteiger partial charge in [0.15, 0.2) is 11.9 Å². The lowest BCUT2D eigenvalue weighted by Gasteiger charge is -2.44. The molecule has 0 aliphatic carbocycles. The molecule has 4 heterocycles. The van der Waals surface area contributed by atoms with Gasteiger partial charge in [-0.15, -0.1) is 11.3 Å². The predicted octanol–water partition coefficient (Wildman–Crippen LogP) is 2.99. The Balaban J connectivity index is 1.41. The number of esters is 1. The number of hydrogen-bond donors (Lipinski definition) is 0. The van der Waals surface area contributed by atoms with Crippen molar-refractivity contribution >= 4 is 28.5 Å². The standard InChI is InChI=1S/C19H21N3O4S/c23-17(15-4-2-1-3-5-15)25-13-22(18-20-8-11-27-18)19(24)26-16-12-21-9-6-14(16)7-10-21/h1-5,8,11,14,16H,6-7,9-10,12-13H2/t16-/m0/s1. The van der Waals surface area contributed by atoms with Gasteiger partial charge in [0.2, 0.25) is 0 Å². The molecule has 1 aromatic heterocycles. The molecule has 2 bridgehead atoms. The maximum absolute atomic E-state index is 12.8. The van der Waals surface area contributed by atoms with Crippen LogP contribution in [0.5, 0.6) is 0 Å².